The number of benzene rings is 1. The van der Waals surface area contributed by atoms with Gasteiger partial charge in [0.2, 0.25) is 5.24 Å². The Labute approximate surface area is 95.3 Å². The highest BCUT2D eigenvalue weighted by molar-refractivity contribution is 6.66. The van der Waals surface area contributed by atoms with Crippen LogP contribution < -0.4 is 0 Å². The Morgan fingerprint density at radius 3 is 2.67 bits per heavy atom. The Bertz CT molecular complexity index is 443. The van der Waals surface area contributed by atoms with Gasteiger partial charge in [0.15, 0.2) is 0 Å². The van der Waals surface area contributed by atoms with Crippen molar-refractivity contribution in [2.45, 2.75) is 0 Å². The van der Waals surface area contributed by atoms with Crippen molar-refractivity contribution in [1.82, 2.24) is 0 Å². The smallest absolute Gasteiger partial charge is 0.276 e. The Morgan fingerprint density at radius 1 is 1.47 bits per heavy atom. The SMILES string of the molecule is O=C(Cl)C=Cc1cc(Cl)ccc1[N+](=O)[O-]. The third-order valence-corrected chi connectivity index (χ3v) is 1.94. The van der Waals surface area contributed by atoms with Crippen LogP contribution in [0.25, 0.3) is 6.08 Å². The topological polar surface area (TPSA) is 60.2 Å². The Morgan fingerprint density at radius 2 is 2.13 bits per heavy atom. The van der Waals surface area contributed by atoms with Gasteiger partial charge in [0, 0.05) is 11.1 Å². The normalized spacial score (nSPS) is 10.5. The molecule has 0 bridgehead atoms. The number of rotatable bonds is 3. The summed E-state index contributed by atoms with van der Waals surface area (Å²) in [6, 6.07) is 4.05. The first-order valence-electron chi connectivity index (χ1n) is 3.82. The number of nitrogens with zero attached hydrogens (tertiary/aromatic N) is 1. The van der Waals surface area contributed by atoms with Crippen LogP contribution in [0.5, 0.6) is 0 Å². The summed E-state index contributed by atoms with van der Waals surface area (Å²) < 4.78 is 0. The van der Waals surface area contributed by atoms with Crippen LogP contribution in [0.1, 0.15) is 5.56 Å². The fourth-order valence-corrected chi connectivity index (χ4v) is 1.22. The molecule has 1 aromatic rings. The van der Waals surface area contributed by atoms with Gasteiger partial charge in [-0.3, -0.25) is 14.9 Å². The molecule has 0 aromatic heterocycles. The zero-order valence-electron chi connectivity index (χ0n) is 7.31. The molecule has 0 radical (unpaired) electrons. The molecule has 0 saturated carbocycles. The van der Waals surface area contributed by atoms with Crippen LogP contribution in [-0.2, 0) is 4.79 Å². The molecule has 0 aliphatic rings. The van der Waals surface area contributed by atoms with Crippen LogP contribution in [0.4, 0.5) is 5.69 Å². The zero-order valence-corrected chi connectivity index (χ0v) is 8.83. The highest BCUT2D eigenvalue weighted by Crippen LogP contribution is 2.23. The van der Waals surface area contributed by atoms with Gasteiger partial charge in [0.25, 0.3) is 5.69 Å². The van der Waals surface area contributed by atoms with Crippen molar-refractivity contribution in [3.05, 3.63) is 45.0 Å². The van der Waals surface area contributed by atoms with E-state index in [1.54, 1.807) is 0 Å². The highest BCUT2D eigenvalue weighted by Gasteiger charge is 2.11. The molecule has 0 N–H and O–H groups in total. The molecule has 78 valence electrons. The highest BCUT2D eigenvalue weighted by atomic mass is 35.5. The summed E-state index contributed by atoms with van der Waals surface area (Å²) in [6.07, 6.45) is 2.28. The van der Waals surface area contributed by atoms with E-state index < -0.39 is 10.2 Å². The maximum absolute atomic E-state index is 10.6. The second-order valence-electron chi connectivity index (χ2n) is 2.60. The molecule has 0 aliphatic heterocycles. The fourth-order valence-electron chi connectivity index (χ4n) is 0.980. The quantitative estimate of drug-likeness (QED) is 0.356. The summed E-state index contributed by atoms with van der Waals surface area (Å²) in [6.45, 7) is 0. The molecule has 0 amide bonds. The van der Waals surface area contributed by atoms with Gasteiger partial charge in [0.1, 0.15) is 0 Å². The molecule has 0 atom stereocenters. The Hall–Kier alpha value is -1.39. The molecule has 1 aromatic carbocycles. The number of carbonyl (C=O) groups is 1. The summed E-state index contributed by atoms with van der Waals surface area (Å²) >= 11 is 10.7. The van der Waals surface area contributed by atoms with Crippen molar-refractivity contribution < 1.29 is 9.72 Å². The lowest BCUT2D eigenvalue weighted by molar-refractivity contribution is -0.385. The van der Waals surface area contributed by atoms with E-state index in [2.05, 4.69) is 0 Å². The molecule has 1 rings (SSSR count). The first-order chi connectivity index (χ1) is 7.00. The van der Waals surface area contributed by atoms with E-state index in [-0.39, 0.29) is 11.3 Å². The number of hydrogen-bond donors (Lipinski definition) is 0. The Balaban J connectivity index is 3.18. The van der Waals surface area contributed by atoms with Gasteiger partial charge in [-0.1, -0.05) is 11.6 Å². The minimum Gasteiger partial charge on any atom is -0.276 e. The van der Waals surface area contributed by atoms with Gasteiger partial charge in [-0.25, -0.2) is 0 Å². The van der Waals surface area contributed by atoms with Crippen LogP contribution in [0, 0.1) is 10.1 Å². The number of nitro benzene ring substituents is 1. The van der Waals surface area contributed by atoms with E-state index in [4.69, 9.17) is 23.2 Å². The van der Waals surface area contributed by atoms with Crippen molar-refractivity contribution in [3.63, 3.8) is 0 Å². The molecule has 0 spiro atoms. The van der Waals surface area contributed by atoms with Gasteiger partial charge in [-0.05, 0) is 35.9 Å². The third kappa shape index (κ3) is 3.34. The maximum atomic E-state index is 10.6. The second kappa shape index (κ2) is 4.91. The molecule has 0 heterocycles. The van der Waals surface area contributed by atoms with Gasteiger partial charge in [0.05, 0.1) is 10.5 Å². The molecular weight excluding hydrogens is 241 g/mol. The van der Waals surface area contributed by atoms with E-state index in [1.807, 2.05) is 0 Å². The maximum Gasteiger partial charge on any atom is 0.276 e. The van der Waals surface area contributed by atoms with Crippen LogP contribution in [0.15, 0.2) is 24.3 Å². The fraction of sp³-hybridized carbons (Fsp3) is 0. The van der Waals surface area contributed by atoms with Gasteiger partial charge < -0.3 is 0 Å². The van der Waals surface area contributed by atoms with Crippen LogP contribution >= 0.6 is 23.2 Å². The molecule has 0 saturated heterocycles. The molecule has 0 fully saturated rings. The number of halogens is 2. The number of carbonyl (C=O) groups excluding carboxylic acids is 1. The molecule has 0 unspecified atom stereocenters. The van der Waals surface area contributed by atoms with Crippen LogP contribution in [0.2, 0.25) is 5.02 Å². The van der Waals surface area contributed by atoms with E-state index in [0.29, 0.717) is 5.02 Å². The monoisotopic (exact) mass is 245 g/mol. The second-order valence-corrected chi connectivity index (χ2v) is 3.41. The lowest BCUT2D eigenvalue weighted by Gasteiger charge is -1.97. The molecule has 0 aliphatic carbocycles. The average molecular weight is 246 g/mol. The largest absolute Gasteiger partial charge is 0.276 e. The average Bonchev–Trinajstić information content (AvgIpc) is 2.14. The van der Waals surface area contributed by atoms with E-state index in [0.717, 1.165) is 6.08 Å². The zero-order chi connectivity index (χ0) is 11.4. The molecule has 4 nitrogen and oxygen atoms in total. The predicted octanol–water partition coefficient (Wildman–Crippen LogP) is 3.03. The van der Waals surface area contributed by atoms with Crippen LogP contribution in [0.3, 0.4) is 0 Å². The van der Waals surface area contributed by atoms with Gasteiger partial charge in [-0.15, -0.1) is 0 Å². The third-order valence-electron chi connectivity index (χ3n) is 1.58. The standard InChI is InChI=1S/C9H5Cl2NO3/c10-7-2-3-8(12(14)15)6(5-7)1-4-9(11)13/h1-5H. The number of nitro groups is 1. The van der Waals surface area contributed by atoms with E-state index in [1.165, 1.54) is 24.3 Å². The number of hydrogen-bond acceptors (Lipinski definition) is 3. The minimum atomic E-state index is -0.704. The van der Waals surface area contributed by atoms with Crippen molar-refractivity contribution >= 4 is 40.2 Å². The van der Waals surface area contributed by atoms with Gasteiger partial charge >= 0.3 is 0 Å². The summed E-state index contributed by atoms with van der Waals surface area (Å²) in [5.74, 6) is 0. The Kier molecular flexibility index (Phi) is 3.82. The first kappa shape index (κ1) is 11.7. The predicted molar refractivity (Wildman–Crippen MR) is 58.0 cm³/mol. The summed E-state index contributed by atoms with van der Waals surface area (Å²) in [5.41, 5.74) is 0.107. The summed E-state index contributed by atoms with van der Waals surface area (Å²) in [4.78, 5) is 20.5. The van der Waals surface area contributed by atoms with Crippen molar-refractivity contribution in [3.8, 4) is 0 Å². The van der Waals surface area contributed by atoms with Crippen LogP contribution in [-0.4, -0.2) is 10.2 Å². The molecule has 15 heavy (non-hydrogen) atoms. The lowest BCUT2D eigenvalue weighted by atomic mass is 10.1. The van der Waals surface area contributed by atoms with E-state index in [9.17, 15) is 14.9 Å². The van der Waals surface area contributed by atoms with Crippen molar-refractivity contribution in [2.75, 3.05) is 0 Å². The lowest BCUT2D eigenvalue weighted by Crippen LogP contribution is -1.91. The molecular formula is C9H5Cl2NO3. The molecule has 6 heteroatoms. The summed E-state index contributed by atoms with van der Waals surface area (Å²) in [5, 5.41) is 10.2. The van der Waals surface area contributed by atoms with Gasteiger partial charge in [-0.2, -0.15) is 0 Å². The van der Waals surface area contributed by atoms with Crippen molar-refractivity contribution in [2.24, 2.45) is 0 Å². The first-order valence-corrected chi connectivity index (χ1v) is 4.58. The minimum absolute atomic E-state index is 0.131. The summed E-state index contributed by atoms with van der Waals surface area (Å²) in [7, 11) is 0. The number of allylic oxidation sites excluding steroid dienone is 1. The van der Waals surface area contributed by atoms with E-state index >= 15 is 0 Å². The van der Waals surface area contributed by atoms with Crippen molar-refractivity contribution in [1.29, 1.82) is 0 Å².